The van der Waals surface area contributed by atoms with Crippen molar-refractivity contribution in [1.82, 2.24) is 140 Å². The van der Waals surface area contributed by atoms with E-state index in [1.54, 1.807) is 157 Å². The van der Waals surface area contributed by atoms with Crippen LogP contribution in [-0.2, 0) is 20.8 Å². The highest BCUT2D eigenvalue weighted by atomic mass is 32.1. The van der Waals surface area contributed by atoms with E-state index in [0.717, 1.165) is 175 Å². The molecular formula is C108H80N32O4S4. The van der Waals surface area contributed by atoms with E-state index in [1.807, 2.05) is 202 Å². The summed E-state index contributed by atoms with van der Waals surface area (Å²) in [6.45, 7) is 9.31. The molecule has 12 N–H and O–H groups in total. The molecule has 720 valence electrons. The number of imidazole rings is 4. The standard InChI is InChI=1S/C29H20N8OS.C28H18N8OS.C26H22N8OS.C25H20N8OS/c38-25(9-17-5-2-1-3-6-17)33-20-10-18(12-30-14-20)19-11-21-27(36-37-28(21)32-13-19)29-34-23-16-31-15-22(26(23)35-29)24-7-4-8-39-24;37-28(16-5-2-1-3-6-16)32-19-9-17(11-29-13-19)18-10-20-25(35-36-26(20)31-12-18)27-33-22-15-30-14-21(24(22)34-27)23-7-4-8-38-23;1-26(2,3)25(35)30-16-7-14(9-27-11-16)15-8-17-22(33-34-23(17)29-10-15)24-31-19-13-28-12-18(21(19)32-24)20-5-4-6-36-20;1-13(2)25(34)29-16-6-14(8-26-10-16)15-7-17-22(32-33-23(17)28-9-15)24-30-19-12-27-11-18(21(19)31-24)20-4-3-5-35-20/h1-8,10-16H,9H2,(H,33,38)(H,34,35)(H,32,36,37);1-15H,(H,32,37)(H,33,34)(H,31,35,36);4-13H,1-3H3,(H,30,35)(H,31,32)(H,29,33,34);3-13H,1-2H3,(H,29,34)(H,30,31)(H,28,32,33). The summed E-state index contributed by atoms with van der Waals surface area (Å²) in [5, 5.41) is 53.0. The molecule has 36 nitrogen and oxygen atoms in total. The van der Waals surface area contributed by atoms with Gasteiger partial charge in [0.15, 0.2) is 45.9 Å². The Labute approximate surface area is 854 Å². The van der Waals surface area contributed by atoms with Gasteiger partial charge in [-0.3, -0.25) is 79.4 Å². The van der Waals surface area contributed by atoms with Crippen molar-refractivity contribution < 1.29 is 19.2 Å². The number of fused-ring (bicyclic) bond motifs is 8. The highest BCUT2D eigenvalue weighted by Crippen LogP contribution is 2.42. The zero-order valence-electron chi connectivity index (χ0n) is 78.9. The molecule has 0 spiro atoms. The Morgan fingerprint density at radius 1 is 0.331 bits per heavy atom. The fourth-order valence-corrected chi connectivity index (χ4v) is 19.6. The highest BCUT2D eigenvalue weighted by molar-refractivity contribution is 7.14. The predicted octanol–water partition coefficient (Wildman–Crippen LogP) is 22.8. The number of nitrogens with one attached hydrogen (secondary N) is 12. The monoisotopic (exact) mass is 2020 g/mol. The van der Waals surface area contributed by atoms with Crippen LogP contribution in [0.4, 0.5) is 22.7 Å². The molecule has 148 heavy (non-hydrogen) atoms. The zero-order chi connectivity index (χ0) is 100. The van der Waals surface area contributed by atoms with E-state index >= 15 is 0 Å². The Kier molecular flexibility index (Phi) is 24.9. The molecule has 40 heteroatoms. The van der Waals surface area contributed by atoms with Crippen molar-refractivity contribution in [3.05, 3.63) is 314 Å². The van der Waals surface area contributed by atoms with Crippen molar-refractivity contribution in [2.45, 2.75) is 41.0 Å². The number of rotatable bonds is 20. The number of hydrogen-bond donors (Lipinski definition) is 12. The van der Waals surface area contributed by atoms with Crippen molar-refractivity contribution in [3.63, 3.8) is 0 Å². The predicted molar refractivity (Wildman–Crippen MR) is 578 cm³/mol. The van der Waals surface area contributed by atoms with E-state index in [9.17, 15) is 19.2 Å². The minimum Gasteiger partial charge on any atom is -0.335 e. The van der Waals surface area contributed by atoms with Crippen molar-refractivity contribution in [2.75, 3.05) is 21.3 Å². The molecular weight excluding hydrogens is 1940 g/mol. The molecule has 24 heterocycles. The van der Waals surface area contributed by atoms with Crippen LogP contribution in [0.2, 0.25) is 0 Å². The minimum atomic E-state index is -0.506. The summed E-state index contributed by atoms with van der Waals surface area (Å²) in [5.74, 6) is 2.03. The van der Waals surface area contributed by atoms with Crippen LogP contribution >= 0.6 is 45.3 Å². The van der Waals surface area contributed by atoms with Crippen LogP contribution in [0.1, 0.15) is 50.5 Å². The van der Waals surface area contributed by atoms with Gasteiger partial charge in [-0.1, -0.05) is 107 Å². The average Bonchev–Trinajstić information content (AvgIpc) is 1.63. The Balaban J connectivity index is 0.000000109. The molecule has 0 aliphatic rings. The third-order valence-corrected chi connectivity index (χ3v) is 27.7. The second-order valence-corrected chi connectivity index (χ2v) is 39.4. The lowest BCUT2D eigenvalue weighted by molar-refractivity contribution is -0.123. The molecule has 2 aromatic carbocycles. The zero-order valence-corrected chi connectivity index (χ0v) is 82.1. The number of aromatic amines is 8. The van der Waals surface area contributed by atoms with Gasteiger partial charge in [0, 0.05) is 178 Å². The second-order valence-electron chi connectivity index (χ2n) is 35.6. The maximum Gasteiger partial charge on any atom is 0.255 e. The van der Waals surface area contributed by atoms with E-state index in [2.05, 4.69) is 166 Å². The smallest absolute Gasteiger partial charge is 0.255 e. The molecule has 0 aliphatic carbocycles. The number of thiophene rings is 4. The molecule has 0 saturated heterocycles. The summed E-state index contributed by atoms with van der Waals surface area (Å²) < 4.78 is 0. The Hall–Kier alpha value is -19.3. The number of aromatic nitrogens is 28. The van der Waals surface area contributed by atoms with Gasteiger partial charge in [0.2, 0.25) is 17.7 Å². The van der Waals surface area contributed by atoms with Gasteiger partial charge >= 0.3 is 0 Å². The van der Waals surface area contributed by atoms with Crippen molar-refractivity contribution >= 4 is 180 Å². The first-order valence-corrected chi connectivity index (χ1v) is 49.9. The van der Waals surface area contributed by atoms with Crippen LogP contribution in [-0.4, -0.2) is 164 Å². The molecule has 0 saturated carbocycles. The van der Waals surface area contributed by atoms with Gasteiger partial charge in [0.05, 0.1) is 122 Å². The number of benzene rings is 2. The van der Waals surface area contributed by atoms with Gasteiger partial charge < -0.3 is 41.2 Å². The van der Waals surface area contributed by atoms with Gasteiger partial charge in [0.25, 0.3) is 5.91 Å². The topological polar surface area (TPSA) is 501 Å². The lowest BCUT2D eigenvalue weighted by Gasteiger charge is -2.17. The maximum atomic E-state index is 12.6. The van der Waals surface area contributed by atoms with E-state index in [4.69, 9.17) is 19.9 Å². The molecule has 0 unspecified atom stereocenters. The summed E-state index contributed by atoms with van der Waals surface area (Å²) in [7, 11) is 0. The van der Waals surface area contributed by atoms with Crippen LogP contribution in [0.3, 0.4) is 0 Å². The third-order valence-electron chi connectivity index (χ3n) is 24.1. The first kappa shape index (κ1) is 92.4. The van der Waals surface area contributed by atoms with Crippen LogP contribution in [0.15, 0.2) is 303 Å². The molecule has 0 aliphatic heterocycles. The summed E-state index contributed by atoms with van der Waals surface area (Å²) >= 11 is 6.59. The number of carbonyl (C=O) groups is 4. The molecule has 26 aromatic rings. The number of pyridine rings is 12. The van der Waals surface area contributed by atoms with Crippen LogP contribution in [0.25, 0.3) is 221 Å². The van der Waals surface area contributed by atoms with Gasteiger partial charge in [-0.25, -0.2) is 39.9 Å². The van der Waals surface area contributed by atoms with Gasteiger partial charge in [-0.05, 0) is 112 Å². The summed E-state index contributed by atoms with van der Waals surface area (Å²) in [6.07, 6.45) is 35.2. The lowest BCUT2D eigenvalue weighted by Crippen LogP contribution is -2.27. The number of hydrogen-bond acceptors (Lipinski definition) is 28. The van der Waals surface area contributed by atoms with Crippen molar-refractivity contribution in [1.29, 1.82) is 0 Å². The fourth-order valence-electron chi connectivity index (χ4n) is 16.7. The lowest BCUT2D eigenvalue weighted by atomic mass is 9.95. The fraction of sp³-hybridized carbons (Fsp3) is 0.0741. The Morgan fingerprint density at radius 2 is 0.676 bits per heavy atom. The van der Waals surface area contributed by atoms with Crippen LogP contribution < -0.4 is 21.3 Å². The second kappa shape index (κ2) is 39.9. The quantitative estimate of drug-likeness (QED) is 0.0337. The molecule has 0 bridgehead atoms. The molecule has 4 amide bonds. The molecule has 24 aromatic heterocycles. The largest absolute Gasteiger partial charge is 0.335 e. The van der Waals surface area contributed by atoms with Crippen LogP contribution in [0.5, 0.6) is 0 Å². The summed E-state index contributed by atoms with van der Waals surface area (Å²) in [4.78, 5) is 140. The van der Waals surface area contributed by atoms with Crippen LogP contribution in [0, 0.1) is 11.3 Å². The minimum absolute atomic E-state index is 0.0593. The number of carbonyl (C=O) groups excluding carboxylic acids is 4. The molecule has 0 atom stereocenters. The number of nitrogens with zero attached hydrogens (tertiary/aromatic N) is 20. The maximum absolute atomic E-state index is 12.6. The van der Waals surface area contributed by atoms with E-state index in [0.29, 0.717) is 79.9 Å². The first-order chi connectivity index (χ1) is 72.4. The SMILES string of the molecule is CC(C)(C)C(=O)Nc1cncc(-c2cnc3n[nH]c(-c4nc5c(-c6cccs6)cncc5[nH]4)c3c2)c1.CC(C)C(=O)Nc1cncc(-c2cnc3n[nH]c(-c4nc5c(-c6cccs6)cncc5[nH]4)c3c2)c1.O=C(Cc1ccccc1)Nc1cncc(-c2cnc3n[nH]c(-c4nc5c(-c6cccs6)cncc5[nH]4)c3c2)c1.O=C(Nc1cncc(-c2cnc3[nH]nc(-c4nc5c(-c6cccs6)cncc5[nH]4)c3c2)c1)c1ccccc1. The number of amides is 4. The first-order valence-electron chi connectivity index (χ1n) is 46.4. The number of H-pyrrole nitrogens is 8. The van der Waals surface area contributed by atoms with Gasteiger partial charge in [-0.15, -0.1) is 45.3 Å². The van der Waals surface area contributed by atoms with Crippen molar-refractivity contribution in [3.8, 4) is 132 Å². The van der Waals surface area contributed by atoms with E-state index in [1.165, 1.54) is 0 Å². The Bertz CT molecular complexity index is 9430. The van der Waals surface area contributed by atoms with Crippen molar-refractivity contribution in [2.24, 2.45) is 11.3 Å². The molecule has 0 radical (unpaired) electrons. The highest BCUT2D eigenvalue weighted by Gasteiger charge is 2.27. The van der Waals surface area contributed by atoms with Gasteiger partial charge in [0.1, 0.15) is 44.8 Å². The molecule has 26 rings (SSSR count). The summed E-state index contributed by atoms with van der Waals surface area (Å²) in [6, 6.07) is 50.5. The third kappa shape index (κ3) is 19.2. The van der Waals surface area contributed by atoms with E-state index in [-0.39, 0.29) is 36.0 Å². The molecule has 0 fully saturated rings. The Morgan fingerprint density at radius 3 is 1.06 bits per heavy atom. The van der Waals surface area contributed by atoms with E-state index < -0.39 is 5.41 Å². The van der Waals surface area contributed by atoms with Gasteiger partial charge in [-0.2, -0.15) is 20.4 Å². The normalized spacial score (nSPS) is 11.5. The number of anilines is 4. The average molecular weight is 2020 g/mol. The summed E-state index contributed by atoms with van der Waals surface area (Å²) in [5.41, 5.74) is 26.0.